The molecule has 0 atom stereocenters. The predicted molar refractivity (Wildman–Crippen MR) is 74.2 cm³/mol. The molecule has 0 radical (unpaired) electrons. The summed E-state index contributed by atoms with van der Waals surface area (Å²) in [5, 5.41) is 0. The maximum absolute atomic E-state index is 12.9. The van der Waals surface area contributed by atoms with E-state index < -0.39 is 0 Å². The van der Waals surface area contributed by atoms with Crippen molar-refractivity contribution in [3.05, 3.63) is 33.4 Å². The molecule has 18 heavy (non-hydrogen) atoms. The van der Waals surface area contributed by atoms with Gasteiger partial charge in [-0.05, 0) is 62.8 Å². The third kappa shape index (κ3) is 1.03. The first-order chi connectivity index (χ1) is 8.25. The van der Waals surface area contributed by atoms with Crippen LogP contribution in [0, 0.1) is 10.8 Å². The Morgan fingerprint density at radius 3 is 1.89 bits per heavy atom. The molecule has 1 nitrogen and oxygen atoms in total. The largest absolute Gasteiger partial charge is 0.294 e. The van der Waals surface area contributed by atoms with Gasteiger partial charge in [-0.1, -0.05) is 19.4 Å². The lowest BCUT2D eigenvalue weighted by Gasteiger charge is -2.41. The number of carbonyl (C=O) groups is 1. The third-order valence-corrected chi connectivity index (χ3v) is 5.96. The number of fused-ring (bicyclic) bond motifs is 1. The summed E-state index contributed by atoms with van der Waals surface area (Å²) in [5.74, 6) is 0.370. The maximum Gasteiger partial charge on any atom is 0.170 e. The predicted octanol–water partition coefficient (Wildman–Crippen LogP) is 4.36. The molecule has 3 rings (SSSR count). The summed E-state index contributed by atoms with van der Waals surface area (Å²) < 4.78 is 0. The van der Waals surface area contributed by atoms with Crippen molar-refractivity contribution in [2.24, 2.45) is 10.8 Å². The Labute approximate surface area is 110 Å². The molecular weight excluding hydrogens is 220 g/mol. The molecule has 96 valence electrons. The van der Waals surface area contributed by atoms with Gasteiger partial charge in [0.2, 0.25) is 0 Å². The monoisotopic (exact) mass is 242 g/mol. The Kier molecular flexibility index (Phi) is 2.04. The van der Waals surface area contributed by atoms with Crippen LogP contribution in [0.5, 0.6) is 0 Å². The van der Waals surface area contributed by atoms with Crippen LogP contribution in [0.2, 0.25) is 0 Å². The van der Waals surface area contributed by atoms with E-state index >= 15 is 0 Å². The summed E-state index contributed by atoms with van der Waals surface area (Å²) in [6.07, 6.45) is 2.36. The lowest BCUT2D eigenvalue weighted by Crippen LogP contribution is -2.41. The maximum atomic E-state index is 12.9. The van der Waals surface area contributed by atoms with Crippen LogP contribution in [0.3, 0.4) is 0 Å². The molecule has 0 aromatic rings. The molecule has 0 bridgehead atoms. The second-order valence-electron chi connectivity index (χ2n) is 6.79. The van der Waals surface area contributed by atoms with Gasteiger partial charge >= 0.3 is 0 Å². The lowest BCUT2D eigenvalue weighted by molar-refractivity contribution is -0.126. The molecule has 0 aliphatic heterocycles. The average molecular weight is 242 g/mol. The Morgan fingerprint density at radius 2 is 1.39 bits per heavy atom. The normalized spacial score (nSPS) is 28.4. The molecule has 3 aliphatic carbocycles. The summed E-state index contributed by atoms with van der Waals surface area (Å²) in [6, 6.07) is 0. The first kappa shape index (κ1) is 12.0. The second kappa shape index (κ2) is 3.07. The summed E-state index contributed by atoms with van der Waals surface area (Å²) in [7, 11) is 0. The number of Topliss-reactive ketones (excluding diaryl/α,β-unsaturated/α-hetero) is 1. The van der Waals surface area contributed by atoms with Gasteiger partial charge in [-0.25, -0.2) is 0 Å². The molecule has 1 saturated carbocycles. The van der Waals surface area contributed by atoms with Crippen molar-refractivity contribution in [3.8, 4) is 0 Å². The molecule has 0 N–H and O–H groups in total. The van der Waals surface area contributed by atoms with Gasteiger partial charge in [0.15, 0.2) is 5.78 Å². The molecule has 0 amide bonds. The minimum Gasteiger partial charge on any atom is -0.294 e. The summed E-state index contributed by atoms with van der Waals surface area (Å²) in [4.78, 5) is 12.9. The molecule has 1 fully saturated rings. The van der Waals surface area contributed by atoms with Gasteiger partial charge in [0.05, 0.1) is 0 Å². The van der Waals surface area contributed by atoms with Crippen molar-refractivity contribution in [2.75, 3.05) is 0 Å². The number of ketones is 1. The molecule has 0 aromatic heterocycles. The van der Waals surface area contributed by atoms with Gasteiger partial charge in [0.1, 0.15) is 0 Å². The Hall–Kier alpha value is -1.11. The third-order valence-electron chi connectivity index (χ3n) is 5.96. The number of carbonyl (C=O) groups excluding carboxylic acids is 1. The van der Waals surface area contributed by atoms with Crippen molar-refractivity contribution in [2.45, 2.75) is 54.4 Å². The first-order valence-corrected chi connectivity index (χ1v) is 6.91. The molecule has 1 heteroatoms. The molecule has 0 heterocycles. The average Bonchev–Trinajstić information content (AvgIpc) is 3.08. The van der Waals surface area contributed by atoms with E-state index in [-0.39, 0.29) is 10.8 Å². The van der Waals surface area contributed by atoms with Crippen molar-refractivity contribution < 1.29 is 4.79 Å². The van der Waals surface area contributed by atoms with E-state index in [9.17, 15) is 4.79 Å². The molecule has 0 aromatic carbocycles. The van der Waals surface area contributed by atoms with Crippen LogP contribution in [0.25, 0.3) is 0 Å². The molecule has 0 saturated heterocycles. The van der Waals surface area contributed by atoms with Gasteiger partial charge in [-0.15, -0.1) is 0 Å². The van der Waals surface area contributed by atoms with Crippen molar-refractivity contribution >= 4 is 5.78 Å². The summed E-state index contributed by atoms with van der Waals surface area (Å²) in [5.41, 5.74) is 7.55. The van der Waals surface area contributed by atoms with Gasteiger partial charge in [0, 0.05) is 16.4 Å². The van der Waals surface area contributed by atoms with E-state index in [1.165, 1.54) is 40.7 Å². The van der Waals surface area contributed by atoms with Crippen LogP contribution in [-0.2, 0) is 4.79 Å². The van der Waals surface area contributed by atoms with E-state index in [0.29, 0.717) is 5.78 Å². The number of rotatable bonds is 0. The fourth-order valence-corrected chi connectivity index (χ4v) is 4.15. The number of hydrogen-bond donors (Lipinski definition) is 0. The fraction of sp³-hybridized carbons (Fsp3) is 0.588. The molecule has 3 aliphatic rings. The van der Waals surface area contributed by atoms with E-state index in [1.807, 2.05) is 0 Å². The second-order valence-corrected chi connectivity index (χ2v) is 6.79. The minimum atomic E-state index is -0.220. The Bertz CT molecular complexity index is 575. The van der Waals surface area contributed by atoms with Crippen LogP contribution >= 0.6 is 0 Å². The quantitative estimate of drug-likeness (QED) is 0.617. The van der Waals surface area contributed by atoms with E-state index in [4.69, 9.17) is 0 Å². The fourth-order valence-electron chi connectivity index (χ4n) is 4.15. The van der Waals surface area contributed by atoms with Crippen molar-refractivity contribution in [1.29, 1.82) is 0 Å². The highest BCUT2D eigenvalue weighted by Gasteiger charge is 2.63. The minimum absolute atomic E-state index is 0.162. The zero-order valence-electron chi connectivity index (χ0n) is 12.3. The highest BCUT2D eigenvalue weighted by molar-refractivity contribution is 6.09. The summed E-state index contributed by atoms with van der Waals surface area (Å²) in [6.45, 7) is 13.0. The first-order valence-electron chi connectivity index (χ1n) is 6.91. The van der Waals surface area contributed by atoms with Crippen LogP contribution in [0.4, 0.5) is 0 Å². The van der Waals surface area contributed by atoms with Crippen LogP contribution in [0.15, 0.2) is 33.4 Å². The molecule has 1 spiro atoms. The highest BCUT2D eigenvalue weighted by atomic mass is 16.1. The summed E-state index contributed by atoms with van der Waals surface area (Å²) >= 11 is 0. The number of allylic oxidation sites excluding steroid dienone is 6. The SMILES string of the molecule is CC1=C(C)C2=C(C)C3(CC3)C(C)(C)C(=O)C2=C1C. The van der Waals surface area contributed by atoms with Crippen LogP contribution in [-0.4, -0.2) is 5.78 Å². The Morgan fingerprint density at radius 1 is 0.833 bits per heavy atom. The Balaban J connectivity index is 2.37. The zero-order valence-corrected chi connectivity index (χ0v) is 12.3. The highest BCUT2D eigenvalue weighted by Crippen LogP contribution is 2.68. The standard InChI is InChI=1S/C17H22O/c1-9-10(2)13-12(4)17(7-8-17)16(5,6)15(18)14(13)11(9)3/h7-8H2,1-6H3. The lowest BCUT2D eigenvalue weighted by atomic mass is 9.61. The van der Waals surface area contributed by atoms with E-state index in [1.54, 1.807) is 0 Å². The zero-order chi connectivity index (χ0) is 13.5. The van der Waals surface area contributed by atoms with Gasteiger partial charge in [0.25, 0.3) is 0 Å². The van der Waals surface area contributed by atoms with Gasteiger partial charge in [-0.3, -0.25) is 4.79 Å². The van der Waals surface area contributed by atoms with Crippen LogP contribution < -0.4 is 0 Å². The molecule has 0 unspecified atom stereocenters. The number of hydrogen-bond acceptors (Lipinski definition) is 1. The van der Waals surface area contributed by atoms with E-state index in [0.717, 1.165) is 5.57 Å². The van der Waals surface area contributed by atoms with Crippen molar-refractivity contribution in [1.82, 2.24) is 0 Å². The van der Waals surface area contributed by atoms with Gasteiger partial charge < -0.3 is 0 Å². The van der Waals surface area contributed by atoms with E-state index in [2.05, 4.69) is 41.5 Å². The molecular formula is C17H22O. The smallest absolute Gasteiger partial charge is 0.170 e. The van der Waals surface area contributed by atoms with Gasteiger partial charge in [-0.2, -0.15) is 0 Å². The van der Waals surface area contributed by atoms with Crippen molar-refractivity contribution in [3.63, 3.8) is 0 Å². The van der Waals surface area contributed by atoms with Crippen LogP contribution in [0.1, 0.15) is 54.4 Å². The topological polar surface area (TPSA) is 17.1 Å².